The van der Waals surface area contributed by atoms with Gasteiger partial charge in [-0.2, -0.15) is 24.1 Å². The summed E-state index contributed by atoms with van der Waals surface area (Å²) in [7, 11) is 0. The molecule has 0 atom stereocenters. The first-order chi connectivity index (χ1) is 14.5. The van der Waals surface area contributed by atoms with E-state index in [1.54, 1.807) is 35.2 Å². The molecule has 1 saturated heterocycles. The minimum atomic E-state index is -2.98. The van der Waals surface area contributed by atoms with E-state index in [4.69, 9.17) is 0 Å². The standard InChI is InChI=1S/C19H19F2N7OS/c20-19(21,30-17-4-2-1-3-16(17)28-13-22-12-25-28)14-6-9-27(10-7-14)18(29)26-15-5-8-23-24-11-15/h1-5,8,11-14H,6-7,9-10H2,(H,23,26,29). The number of likely N-dealkylation sites (tertiary alicyclic amines) is 1. The van der Waals surface area contributed by atoms with E-state index in [9.17, 15) is 4.79 Å². The fourth-order valence-electron chi connectivity index (χ4n) is 3.28. The number of carbonyl (C=O) groups excluding carboxylic acids is 1. The molecule has 0 aliphatic carbocycles. The smallest absolute Gasteiger partial charge is 0.321 e. The first-order valence-electron chi connectivity index (χ1n) is 9.36. The minimum Gasteiger partial charge on any atom is -0.325 e. The summed E-state index contributed by atoms with van der Waals surface area (Å²) < 4.78 is 31.6. The van der Waals surface area contributed by atoms with Crippen molar-refractivity contribution >= 4 is 23.5 Å². The van der Waals surface area contributed by atoms with Crippen molar-refractivity contribution in [2.24, 2.45) is 5.92 Å². The number of alkyl halides is 2. The third-order valence-electron chi connectivity index (χ3n) is 4.87. The molecule has 2 amide bonds. The molecule has 1 aliphatic rings. The van der Waals surface area contributed by atoms with E-state index < -0.39 is 11.2 Å². The zero-order chi connectivity index (χ0) is 21.0. The van der Waals surface area contributed by atoms with E-state index in [0.29, 0.717) is 28.0 Å². The molecule has 1 aromatic carbocycles. The van der Waals surface area contributed by atoms with Crippen molar-refractivity contribution in [1.82, 2.24) is 29.9 Å². The van der Waals surface area contributed by atoms with Gasteiger partial charge in [-0.1, -0.05) is 12.1 Å². The number of amides is 2. The Morgan fingerprint density at radius 2 is 1.97 bits per heavy atom. The van der Waals surface area contributed by atoms with Crippen LogP contribution in [0, 0.1) is 5.92 Å². The molecule has 4 rings (SSSR count). The first kappa shape index (κ1) is 20.2. The fraction of sp³-hybridized carbons (Fsp3) is 0.316. The average molecular weight is 431 g/mol. The van der Waals surface area contributed by atoms with Crippen LogP contribution in [0.1, 0.15) is 12.8 Å². The highest BCUT2D eigenvalue weighted by Crippen LogP contribution is 2.46. The molecule has 1 fully saturated rings. The van der Waals surface area contributed by atoms with E-state index in [1.165, 1.54) is 29.7 Å². The summed E-state index contributed by atoms with van der Waals surface area (Å²) >= 11 is 0.533. The van der Waals surface area contributed by atoms with E-state index in [2.05, 4.69) is 25.6 Å². The van der Waals surface area contributed by atoms with Gasteiger partial charge in [-0.15, -0.1) is 0 Å². The Morgan fingerprint density at radius 3 is 2.67 bits per heavy atom. The zero-order valence-electron chi connectivity index (χ0n) is 15.9. The SMILES string of the molecule is O=C(Nc1ccnnc1)N1CCC(C(F)(F)Sc2ccccc2-n2cncn2)CC1. The quantitative estimate of drug-likeness (QED) is 0.620. The van der Waals surface area contributed by atoms with Gasteiger partial charge in [0.2, 0.25) is 0 Å². The second-order valence-corrected chi connectivity index (χ2v) is 7.98. The van der Waals surface area contributed by atoms with Crippen LogP contribution >= 0.6 is 11.8 Å². The molecule has 11 heteroatoms. The number of hydrogen-bond donors (Lipinski definition) is 1. The fourth-order valence-corrected chi connectivity index (χ4v) is 4.39. The van der Waals surface area contributed by atoms with Crippen LogP contribution in [-0.4, -0.2) is 54.2 Å². The number of urea groups is 1. The largest absolute Gasteiger partial charge is 0.325 e. The number of piperidine rings is 1. The van der Waals surface area contributed by atoms with Crippen molar-refractivity contribution in [2.75, 3.05) is 18.4 Å². The highest BCUT2D eigenvalue weighted by atomic mass is 32.2. The van der Waals surface area contributed by atoms with Gasteiger partial charge in [-0.25, -0.2) is 14.5 Å². The molecule has 1 aliphatic heterocycles. The van der Waals surface area contributed by atoms with E-state index in [1.807, 2.05) is 0 Å². The van der Waals surface area contributed by atoms with Gasteiger partial charge in [-0.3, -0.25) is 0 Å². The van der Waals surface area contributed by atoms with Crippen LogP contribution in [0.2, 0.25) is 0 Å². The predicted molar refractivity (Wildman–Crippen MR) is 108 cm³/mol. The topological polar surface area (TPSA) is 88.8 Å². The molecule has 3 heterocycles. The predicted octanol–water partition coefficient (Wildman–Crippen LogP) is 3.69. The lowest BCUT2D eigenvalue weighted by Gasteiger charge is -2.35. The number of aromatic nitrogens is 5. The number of rotatable bonds is 5. The van der Waals surface area contributed by atoms with E-state index in [-0.39, 0.29) is 32.0 Å². The van der Waals surface area contributed by atoms with Crippen molar-refractivity contribution in [3.63, 3.8) is 0 Å². The highest BCUT2D eigenvalue weighted by Gasteiger charge is 2.43. The number of anilines is 1. The van der Waals surface area contributed by atoms with Crippen LogP contribution < -0.4 is 5.32 Å². The van der Waals surface area contributed by atoms with Gasteiger partial charge in [0.1, 0.15) is 12.7 Å². The molecule has 156 valence electrons. The van der Waals surface area contributed by atoms with Crippen molar-refractivity contribution < 1.29 is 13.6 Å². The molecule has 2 aromatic heterocycles. The van der Waals surface area contributed by atoms with Gasteiger partial charge in [-0.05, 0) is 42.8 Å². The molecule has 0 unspecified atom stereocenters. The van der Waals surface area contributed by atoms with E-state index >= 15 is 8.78 Å². The minimum absolute atomic E-state index is 0.216. The number of halogens is 2. The Labute approximate surface area is 175 Å². The Morgan fingerprint density at radius 1 is 1.17 bits per heavy atom. The van der Waals surface area contributed by atoms with Gasteiger partial charge < -0.3 is 10.2 Å². The summed E-state index contributed by atoms with van der Waals surface area (Å²) in [5, 5.41) is 11.1. The molecule has 0 bridgehead atoms. The number of nitrogens with one attached hydrogen (secondary N) is 1. The van der Waals surface area contributed by atoms with Gasteiger partial charge in [0.25, 0.3) is 0 Å². The molecule has 30 heavy (non-hydrogen) atoms. The summed E-state index contributed by atoms with van der Waals surface area (Å²) in [5.41, 5.74) is 1.07. The highest BCUT2D eigenvalue weighted by molar-refractivity contribution is 8.00. The molecule has 0 radical (unpaired) electrons. The lowest BCUT2D eigenvalue weighted by atomic mass is 9.97. The molecule has 0 spiro atoms. The Bertz CT molecular complexity index is 980. The number of hydrogen-bond acceptors (Lipinski definition) is 6. The summed E-state index contributed by atoms with van der Waals surface area (Å²) in [6.45, 7) is 0.520. The Hall–Kier alpha value is -3.08. The number of benzene rings is 1. The molecule has 1 N–H and O–H groups in total. The van der Waals surface area contributed by atoms with Crippen molar-refractivity contribution in [3.8, 4) is 5.69 Å². The summed E-state index contributed by atoms with van der Waals surface area (Å²) in [6, 6.07) is 8.17. The lowest BCUT2D eigenvalue weighted by molar-refractivity contribution is 0.01000. The van der Waals surface area contributed by atoms with Gasteiger partial charge in [0.15, 0.2) is 0 Å². The number of thioether (sulfide) groups is 1. The second-order valence-electron chi connectivity index (χ2n) is 6.79. The lowest BCUT2D eigenvalue weighted by Crippen LogP contribution is -2.44. The van der Waals surface area contributed by atoms with Gasteiger partial charge in [0.05, 0.1) is 23.8 Å². The van der Waals surface area contributed by atoms with Crippen LogP contribution in [0.3, 0.4) is 0 Å². The van der Waals surface area contributed by atoms with Crippen LogP contribution in [0.15, 0.2) is 60.3 Å². The third-order valence-corrected chi connectivity index (χ3v) is 6.04. The van der Waals surface area contributed by atoms with Crippen molar-refractivity contribution in [3.05, 3.63) is 55.4 Å². The summed E-state index contributed by atoms with van der Waals surface area (Å²) in [5.74, 6) is -0.835. The van der Waals surface area contributed by atoms with E-state index in [0.717, 1.165) is 0 Å². The zero-order valence-corrected chi connectivity index (χ0v) is 16.7. The average Bonchev–Trinajstić information content (AvgIpc) is 3.29. The maximum Gasteiger partial charge on any atom is 0.321 e. The number of nitrogens with zero attached hydrogens (tertiary/aromatic N) is 6. The van der Waals surface area contributed by atoms with Crippen molar-refractivity contribution in [1.29, 1.82) is 0 Å². The second kappa shape index (κ2) is 8.74. The molecular formula is C19H19F2N7OS. The third kappa shape index (κ3) is 4.56. The maximum atomic E-state index is 15.1. The van der Waals surface area contributed by atoms with Gasteiger partial charge >= 0.3 is 11.3 Å². The number of para-hydroxylation sites is 1. The molecule has 3 aromatic rings. The first-order valence-corrected chi connectivity index (χ1v) is 10.2. The van der Waals surface area contributed by atoms with Crippen LogP contribution in [-0.2, 0) is 0 Å². The van der Waals surface area contributed by atoms with Crippen LogP contribution in [0.25, 0.3) is 5.69 Å². The van der Waals surface area contributed by atoms with Crippen LogP contribution in [0.5, 0.6) is 0 Å². The summed E-state index contributed by atoms with van der Waals surface area (Å²) in [6.07, 6.45) is 6.18. The van der Waals surface area contributed by atoms with Crippen LogP contribution in [0.4, 0.5) is 19.3 Å². The Kier molecular flexibility index (Phi) is 5.88. The summed E-state index contributed by atoms with van der Waals surface area (Å²) in [4.78, 5) is 18.2. The molecular weight excluding hydrogens is 412 g/mol. The molecule has 8 nitrogen and oxygen atoms in total. The van der Waals surface area contributed by atoms with Crippen molar-refractivity contribution in [2.45, 2.75) is 23.0 Å². The Balaban J connectivity index is 1.38. The van der Waals surface area contributed by atoms with Gasteiger partial charge in [0, 0.05) is 23.9 Å². The maximum absolute atomic E-state index is 15.1. The normalized spacial score (nSPS) is 15.2. The monoisotopic (exact) mass is 431 g/mol. The number of carbonyl (C=O) groups is 1. The molecule has 0 saturated carbocycles.